The molecular formula is C17H16ClFN2O2. The van der Waals surface area contributed by atoms with Gasteiger partial charge in [0.25, 0.3) is 11.8 Å². The van der Waals surface area contributed by atoms with Crippen LogP contribution in [0.1, 0.15) is 26.3 Å². The van der Waals surface area contributed by atoms with Crippen LogP contribution >= 0.6 is 11.6 Å². The van der Waals surface area contributed by atoms with Crippen molar-refractivity contribution < 1.29 is 14.0 Å². The van der Waals surface area contributed by atoms with E-state index in [1.165, 1.54) is 6.07 Å². The predicted molar refractivity (Wildman–Crippen MR) is 87.3 cm³/mol. The molecule has 23 heavy (non-hydrogen) atoms. The van der Waals surface area contributed by atoms with Crippen molar-refractivity contribution in [3.63, 3.8) is 0 Å². The smallest absolute Gasteiger partial charge is 0.251 e. The first-order chi connectivity index (χ1) is 11.0. The molecule has 0 heterocycles. The van der Waals surface area contributed by atoms with Crippen molar-refractivity contribution in [2.45, 2.75) is 6.92 Å². The molecule has 2 amide bonds. The zero-order chi connectivity index (χ0) is 16.8. The molecule has 120 valence electrons. The van der Waals surface area contributed by atoms with Gasteiger partial charge in [-0.1, -0.05) is 23.7 Å². The van der Waals surface area contributed by atoms with E-state index in [1.54, 1.807) is 43.3 Å². The number of benzene rings is 2. The predicted octanol–water partition coefficient (Wildman–Crippen LogP) is 2.95. The van der Waals surface area contributed by atoms with E-state index in [1.807, 2.05) is 0 Å². The molecule has 2 aromatic rings. The summed E-state index contributed by atoms with van der Waals surface area (Å²) in [6.45, 7) is 2.12. The fourth-order valence-corrected chi connectivity index (χ4v) is 2.11. The van der Waals surface area contributed by atoms with E-state index < -0.39 is 5.82 Å². The molecule has 2 N–H and O–H groups in total. The number of aryl methyl sites for hydroxylation is 1. The Bertz CT molecular complexity index is 734. The number of carbonyl (C=O) groups is 2. The summed E-state index contributed by atoms with van der Waals surface area (Å²) in [6, 6.07) is 10.9. The monoisotopic (exact) mass is 334 g/mol. The molecule has 2 rings (SSSR count). The van der Waals surface area contributed by atoms with Gasteiger partial charge < -0.3 is 10.6 Å². The molecule has 0 aliphatic carbocycles. The Labute approximate surface area is 138 Å². The molecular weight excluding hydrogens is 319 g/mol. The highest BCUT2D eigenvalue weighted by molar-refractivity contribution is 6.30. The Morgan fingerprint density at radius 3 is 2.17 bits per heavy atom. The van der Waals surface area contributed by atoms with Crippen LogP contribution in [0.5, 0.6) is 0 Å². The van der Waals surface area contributed by atoms with Crippen LogP contribution in [0.15, 0.2) is 42.5 Å². The van der Waals surface area contributed by atoms with Crippen LogP contribution in [-0.4, -0.2) is 24.9 Å². The van der Waals surface area contributed by atoms with Gasteiger partial charge >= 0.3 is 0 Å². The molecule has 0 saturated heterocycles. The van der Waals surface area contributed by atoms with E-state index in [4.69, 9.17) is 11.6 Å². The number of nitrogens with one attached hydrogen (secondary N) is 2. The third-order valence-electron chi connectivity index (χ3n) is 3.22. The lowest BCUT2D eigenvalue weighted by Crippen LogP contribution is -2.34. The van der Waals surface area contributed by atoms with Gasteiger partial charge in [-0.25, -0.2) is 4.39 Å². The lowest BCUT2D eigenvalue weighted by atomic mass is 10.1. The SMILES string of the molecule is Cc1ccc(C(=O)NCCNC(=O)c2cccc(Cl)c2)cc1F. The average molecular weight is 335 g/mol. The van der Waals surface area contributed by atoms with Crippen molar-refractivity contribution in [2.24, 2.45) is 0 Å². The Kier molecular flexibility index (Phi) is 5.71. The van der Waals surface area contributed by atoms with Crippen molar-refractivity contribution in [3.05, 3.63) is 70.0 Å². The maximum atomic E-state index is 13.4. The van der Waals surface area contributed by atoms with Crippen molar-refractivity contribution in [3.8, 4) is 0 Å². The molecule has 2 aromatic carbocycles. The largest absolute Gasteiger partial charge is 0.350 e. The van der Waals surface area contributed by atoms with E-state index >= 15 is 0 Å². The second-order valence-electron chi connectivity index (χ2n) is 4.99. The molecule has 0 spiro atoms. The molecule has 0 radical (unpaired) electrons. The molecule has 0 aliphatic heterocycles. The van der Waals surface area contributed by atoms with Gasteiger partial charge in [0.15, 0.2) is 0 Å². The minimum atomic E-state index is -0.424. The second kappa shape index (κ2) is 7.74. The summed E-state index contributed by atoms with van der Waals surface area (Å²) >= 11 is 5.82. The Hall–Kier alpha value is -2.40. The number of rotatable bonds is 5. The van der Waals surface area contributed by atoms with Gasteiger partial charge in [0, 0.05) is 29.2 Å². The Morgan fingerprint density at radius 2 is 1.61 bits per heavy atom. The first kappa shape index (κ1) is 17.0. The normalized spacial score (nSPS) is 10.2. The Balaban J connectivity index is 1.79. The van der Waals surface area contributed by atoms with Gasteiger partial charge in [0.2, 0.25) is 0 Å². The highest BCUT2D eigenvalue weighted by Gasteiger charge is 2.08. The summed E-state index contributed by atoms with van der Waals surface area (Å²) in [5.41, 5.74) is 1.18. The highest BCUT2D eigenvalue weighted by Crippen LogP contribution is 2.10. The van der Waals surface area contributed by atoms with E-state index in [0.717, 1.165) is 0 Å². The zero-order valence-electron chi connectivity index (χ0n) is 12.5. The van der Waals surface area contributed by atoms with E-state index in [0.29, 0.717) is 16.1 Å². The average Bonchev–Trinajstić information content (AvgIpc) is 2.53. The van der Waals surface area contributed by atoms with Crippen molar-refractivity contribution >= 4 is 23.4 Å². The molecule has 0 unspecified atom stereocenters. The lowest BCUT2D eigenvalue weighted by Gasteiger charge is -2.08. The third-order valence-corrected chi connectivity index (χ3v) is 3.45. The van der Waals surface area contributed by atoms with Crippen LogP contribution in [0.25, 0.3) is 0 Å². The number of amides is 2. The maximum Gasteiger partial charge on any atom is 0.251 e. The van der Waals surface area contributed by atoms with E-state index in [2.05, 4.69) is 10.6 Å². The summed E-state index contributed by atoms with van der Waals surface area (Å²) in [5, 5.41) is 5.76. The van der Waals surface area contributed by atoms with Crippen LogP contribution in [0.4, 0.5) is 4.39 Å². The minimum absolute atomic E-state index is 0.237. The van der Waals surface area contributed by atoms with Crippen LogP contribution in [-0.2, 0) is 0 Å². The van der Waals surface area contributed by atoms with Crippen LogP contribution in [0, 0.1) is 12.7 Å². The number of hydrogen-bond donors (Lipinski definition) is 2. The summed E-state index contributed by atoms with van der Waals surface area (Å²) < 4.78 is 13.4. The molecule has 0 bridgehead atoms. The van der Waals surface area contributed by atoms with Gasteiger partial charge in [-0.05, 0) is 42.8 Å². The van der Waals surface area contributed by atoms with Gasteiger partial charge in [-0.2, -0.15) is 0 Å². The highest BCUT2D eigenvalue weighted by atomic mass is 35.5. The molecule has 0 saturated carbocycles. The summed E-state index contributed by atoms with van der Waals surface area (Å²) in [4.78, 5) is 23.7. The summed E-state index contributed by atoms with van der Waals surface area (Å²) in [5.74, 6) is -1.09. The molecule has 0 aliphatic rings. The molecule has 0 fully saturated rings. The minimum Gasteiger partial charge on any atom is -0.350 e. The number of carbonyl (C=O) groups excluding carboxylic acids is 2. The Morgan fingerprint density at radius 1 is 1.00 bits per heavy atom. The molecule has 4 nitrogen and oxygen atoms in total. The van der Waals surface area contributed by atoms with Gasteiger partial charge in [-0.15, -0.1) is 0 Å². The maximum absolute atomic E-state index is 13.4. The van der Waals surface area contributed by atoms with Crippen LogP contribution in [0.3, 0.4) is 0 Å². The standard InChI is InChI=1S/C17H16ClFN2O2/c1-11-5-6-13(10-15(11)19)17(23)21-8-7-20-16(22)12-3-2-4-14(18)9-12/h2-6,9-10H,7-8H2,1H3,(H,20,22)(H,21,23). The quantitative estimate of drug-likeness (QED) is 0.826. The zero-order valence-corrected chi connectivity index (χ0v) is 13.3. The van der Waals surface area contributed by atoms with Crippen molar-refractivity contribution in [2.75, 3.05) is 13.1 Å². The molecule has 0 aromatic heterocycles. The fraction of sp³-hybridized carbons (Fsp3) is 0.176. The molecule has 0 atom stereocenters. The van der Waals surface area contributed by atoms with Crippen LogP contribution < -0.4 is 10.6 Å². The van der Waals surface area contributed by atoms with Gasteiger partial charge in [0.1, 0.15) is 5.82 Å². The third kappa shape index (κ3) is 4.79. The first-order valence-corrected chi connectivity index (χ1v) is 7.43. The van der Waals surface area contributed by atoms with Gasteiger partial charge in [-0.3, -0.25) is 9.59 Å². The first-order valence-electron chi connectivity index (χ1n) is 7.05. The van der Waals surface area contributed by atoms with E-state index in [-0.39, 0.29) is 30.5 Å². The van der Waals surface area contributed by atoms with Crippen molar-refractivity contribution in [1.82, 2.24) is 10.6 Å². The van der Waals surface area contributed by atoms with Crippen LogP contribution in [0.2, 0.25) is 5.02 Å². The number of halogens is 2. The molecule has 6 heteroatoms. The second-order valence-corrected chi connectivity index (χ2v) is 5.42. The lowest BCUT2D eigenvalue weighted by molar-refractivity contribution is 0.0927. The van der Waals surface area contributed by atoms with Crippen molar-refractivity contribution in [1.29, 1.82) is 0 Å². The topological polar surface area (TPSA) is 58.2 Å². The summed E-state index contributed by atoms with van der Waals surface area (Å²) in [7, 11) is 0. The van der Waals surface area contributed by atoms with E-state index in [9.17, 15) is 14.0 Å². The fourth-order valence-electron chi connectivity index (χ4n) is 1.92. The number of hydrogen-bond acceptors (Lipinski definition) is 2. The van der Waals surface area contributed by atoms with Gasteiger partial charge in [0.05, 0.1) is 0 Å². The summed E-state index contributed by atoms with van der Waals surface area (Å²) in [6.07, 6.45) is 0.